The number of nitrogens with one attached hydrogen (secondary N) is 1. The quantitative estimate of drug-likeness (QED) is 0.747. The SMILES string of the molecule is Cc1nn2c(SCc3cc(Cl)ccc3F)nnc2[nH]c1=O. The normalized spacial score (nSPS) is 11.2. The molecule has 0 aliphatic heterocycles. The number of hydrogen-bond acceptors (Lipinski definition) is 5. The lowest BCUT2D eigenvalue weighted by molar-refractivity contribution is 0.617. The molecule has 21 heavy (non-hydrogen) atoms. The van der Waals surface area contributed by atoms with Crippen LogP contribution in [0.3, 0.4) is 0 Å². The molecule has 108 valence electrons. The highest BCUT2D eigenvalue weighted by molar-refractivity contribution is 7.98. The molecule has 1 N–H and O–H groups in total. The van der Waals surface area contributed by atoms with Gasteiger partial charge in [0.15, 0.2) is 0 Å². The summed E-state index contributed by atoms with van der Waals surface area (Å²) in [5.41, 5.74) is 0.454. The number of H-pyrrole nitrogens is 1. The van der Waals surface area contributed by atoms with Crippen molar-refractivity contribution in [1.29, 1.82) is 0 Å². The van der Waals surface area contributed by atoms with Crippen LogP contribution < -0.4 is 5.56 Å². The average molecular weight is 326 g/mol. The van der Waals surface area contributed by atoms with Gasteiger partial charge in [0.05, 0.1) is 0 Å². The van der Waals surface area contributed by atoms with E-state index in [9.17, 15) is 9.18 Å². The molecule has 0 unspecified atom stereocenters. The van der Waals surface area contributed by atoms with Gasteiger partial charge >= 0.3 is 0 Å². The van der Waals surface area contributed by atoms with Gasteiger partial charge in [0, 0.05) is 10.8 Å². The number of rotatable bonds is 3. The zero-order valence-electron chi connectivity index (χ0n) is 10.8. The Hall–Kier alpha value is -1.93. The molecule has 1 aromatic carbocycles. The summed E-state index contributed by atoms with van der Waals surface area (Å²) in [5.74, 6) is 0.241. The fourth-order valence-electron chi connectivity index (χ4n) is 1.71. The molecule has 0 amide bonds. The molecule has 2 heterocycles. The zero-order valence-corrected chi connectivity index (χ0v) is 12.4. The topological polar surface area (TPSA) is 75.9 Å². The number of nitrogens with zero attached hydrogens (tertiary/aromatic N) is 4. The van der Waals surface area contributed by atoms with Crippen molar-refractivity contribution < 1.29 is 4.39 Å². The molecule has 3 rings (SSSR count). The Kier molecular flexibility index (Phi) is 3.64. The average Bonchev–Trinajstić information content (AvgIpc) is 2.83. The minimum atomic E-state index is -0.335. The first-order valence-electron chi connectivity index (χ1n) is 5.93. The zero-order chi connectivity index (χ0) is 15.0. The monoisotopic (exact) mass is 325 g/mol. The molecular weight excluding hydrogens is 317 g/mol. The maximum atomic E-state index is 13.7. The summed E-state index contributed by atoms with van der Waals surface area (Å²) < 4.78 is 15.1. The fraction of sp³-hybridized carbons (Fsp3) is 0.167. The molecule has 0 fully saturated rings. The van der Waals surface area contributed by atoms with E-state index in [2.05, 4.69) is 20.3 Å². The van der Waals surface area contributed by atoms with Gasteiger partial charge < -0.3 is 0 Å². The Bertz CT molecular complexity index is 878. The van der Waals surface area contributed by atoms with Crippen molar-refractivity contribution in [3.8, 4) is 0 Å². The molecule has 0 radical (unpaired) electrons. The first-order valence-corrected chi connectivity index (χ1v) is 7.30. The number of halogens is 2. The molecule has 0 aliphatic carbocycles. The Morgan fingerprint density at radius 1 is 1.43 bits per heavy atom. The Labute approximate surface area is 127 Å². The van der Waals surface area contributed by atoms with Crippen LogP contribution in [0.4, 0.5) is 4.39 Å². The number of aromatic amines is 1. The minimum absolute atomic E-state index is 0.250. The van der Waals surface area contributed by atoms with Gasteiger partial charge in [0.25, 0.3) is 11.3 Å². The number of hydrogen-bond donors (Lipinski definition) is 1. The van der Waals surface area contributed by atoms with E-state index in [-0.39, 0.29) is 17.2 Å². The maximum absolute atomic E-state index is 13.7. The van der Waals surface area contributed by atoms with Gasteiger partial charge in [-0.15, -0.1) is 10.2 Å². The molecule has 0 spiro atoms. The lowest BCUT2D eigenvalue weighted by Gasteiger charge is -2.03. The van der Waals surface area contributed by atoms with Crippen LogP contribution in [0.25, 0.3) is 5.78 Å². The van der Waals surface area contributed by atoms with E-state index in [4.69, 9.17) is 11.6 Å². The third-order valence-electron chi connectivity index (χ3n) is 2.78. The summed E-state index contributed by atoms with van der Waals surface area (Å²) >= 11 is 7.10. The summed E-state index contributed by atoms with van der Waals surface area (Å²) in [6.07, 6.45) is 0. The number of fused-ring (bicyclic) bond motifs is 1. The summed E-state index contributed by atoms with van der Waals surface area (Å²) in [4.78, 5) is 14.0. The van der Waals surface area contributed by atoms with Crippen LogP contribution >= 0.6 is 23.4 Å². The smallest absolute Gasteiger partial charge is 0.273 e. The molecule has 0 bridgehead atoms. The van der Waals surface area contributed by atoms with Crippen LogP contribution in [0.2, 0.25) is 5.02 Å². The molecule has 0 saturated heterocycles. The second kappa shape index (κ2) is 5.45. The van der Waals surface area contributed by atoms with Gasteiger partial charge in [0.2, 0.25) is 5.16 Å². The van der Waals surface area contributed by atoms with Crippen LogP contribution in [0.1, 0.15) is 11.3 Å². The summed E-state index contributed by atoms with van der Waals surface area (Å²) in [6.45, 7) is 1.59. The molecule has 0 saturated carbocycles. The molecular formula is C12H9ClFN5OS. The summed E-state index contributed by atoms with van der Waals surface area (Å²) in [5, 5.41) is 12.8. The van der Waals surface area contributed by atoms with E-state index >= 15 is 0 Å². The van der Waals surface area contributed by atoms with Crippen molar-refractivity contribution >= 4 is 29.1 Å². The summed E-state index contributed by atoms with van der Waals surface area (Å²) in [7, 11) is 0. The third-order valence-corrected chi connectivity index (χ3v) is 3.98. The highest BCUT2D eigenvalue weighted by Crippen LogP contribution is 2.24. The van der Waals surface area contributed by atoms with E-state index in [0.717, 1.165) is 0 Å². The Balaban J connectivity index is 1.90. The van der Waals surface area contributed by atoms with Crippen molar-refractivity contribution in [3.63, 3.8) is 0 Å². The van der Waals surface area contributed by atoms with Crippen molar-refractivity contribution in [2.45, 2.75) is 17.8 Å². The van der Waals surface area contributed by atoms with Crippen LogP contribution in [0.15, 0.2) is 28.2 Å². The molecule has 0 aliphatic rings. The van der Waals surface area contributed by atoms with Crippen molar-refractivity contribution in [1.82, 2.24) is 24.8 Å². The lowest BCUT2D eigenvalue weighted by atomic mass is 10.2. The van der Waals surface area contributed by atoms with Crippen molar-refractivity contribution in [2.75, 3.05) is 0 Å². The van der Waals surface area contributed by atoms with E-state index in [1.54, 1.807) is 13.0 Å². The highest BCUT2D eigenvalue weighted by atomic mass is 35.5. The molecule has 6 nitrogen and oxygen atoms in total. The van der Waals surface area contributed by atoms with Gasteiger partial charge in [-0.3, -0.25) is 9.78 Å². The number of thioether (sulfide) groups is 1. The largest absolute Gasteiger partial charge is 0.288 e. The van der Waals surface area contributed by atoms with Gasteiger partial charge in [0.1, 0.15) is 11.5 Å². The Morgan fingerprint density at radius 2 is 2.24 bits per heavy atom. The fourth-order valence-corrected chi connectivity index (χ4v) is 2.76. The lowest BCUT2D eigenvalue weighted by Crippen LogP contribution is -2.15. The molecule has 9 heteroatoms. The second-order valence-corrected chi connectivity index (χ2v) is 5.66. The number of aromatic nitrogens is 5. The maximum Gasteiger partial charge on any atom is 0.273 e. The minimum Gasteiger partial charge on any atom is -0.288 e. The molecule has 2 aromatic heterocycles. The van der Waals surface area contributed by atoms with Crippen LogP contribution in [0.5, 0.6) is 0 Å². The van der Waals surface area contributed by atoms with Crippen LogP contribution in [-0.4, -0.2) is 24.8 Å². The first-order chi connectivity index (χ1) is 10.0. The van der Waals surface area contributed by atoms with Gasteiger partial charge in [-0.05, 0) is 30.7 Å². The van der Waals surface area contributed by atoms with E-state index in [0.29, 0.717) is 27.2 Å². The third kappa shape index (κ3) is 2.77. The van der Waals surface area contributed by atoms with Gasteiger partial charge in [-0.25, -0.2) is 4.39 Å². The molecule has 0 atom stereocenters. The highest BCUT2D eigenvalue weighted by Gasteiger charge is 2.11. The van der Waals surface area contributed by atoms with Gasteiger partial charge in [-0.2, -0.15) is 9.61 Å². The van der Waals surface area contributed by atoms with Crippen molar-refractivity contribution in [2.24, 2.45) is 0 Å². The predicted molar refractivity (Wildman–Crippen MR) is 77.1 cm³/mol. The first kappa shape index (κ1) is 14.0. The van der Waals surface area contributed by atoms with Crippen LogP contribution in [0, 0.1) is 12.7 Å². The summed E-state index contributed by atoms with van der Waals surface area (Å²) in [6, 6.07) is 4.38. The second-order valence-electron chi connectivity index (χ2n) is 4.28. The van der Waals surface area contributed by atoms with Crippen molar-refractivity contribution in [3.05, 3.63) is 50.7 Å². The number of aryl methyl sites for hydroxylation is 1. The van der Waals surface area contributed by atoms with E-state index in [1.807, 2.05) is 0 Å². The molecule has 3 aromatic rings. The Morgan fingerprint density at radius 3 is 3.05 bits per heavy atom. The van der Waals surface area contributed by atoms with Gasteiger partial charge in [-0.1, -0.05) is 23.4 Å². The van der Waals surface area contributed by atoms with E-state index < -0.39 is 0 Å². The van der Waals surface area contributed by atoms with Crippen LogP contribution in [-0.2, 0) is 5.75 Å². The number of benzene rings is 1. The predicted octanol–water partition coefficient (Wildman–Crippen LogP) is 2.21. The van der Waals surface area contributed by atoms with E-state index in [1.165, 1.54) is 28.4 Å². The standard InChI is InChI=1S/C12H9ClFN5OS/c1-6-10(20)15-11-16-17-12(19(11)18-6)21-5-7-4-8(13)2-3-9(7)14/h2-4H,5H2,1H3,(H,15,16,20).